The molecule has 0 N–H and O–H groups in total. The number of hydrogen-bond donors (Lipinski definition) is 0. The normalized spacial score (nSPS) is 57.3. The van der Waals surface area contributed by atoms with Crippen LogP contribution >= 0.6 is 0 Å². The van der Waals surface area contributed by atoms with Crippen molar-refractivity contribution in [2.75, 3.05) is 6.61 Å². The maximum Gasteiger partial charge on any atom is 0.201 e. The summed E-state index contributed by atoms with van der Waals surface area (Å²) in [7, 11) is 0. The van der Waals surface area contributed by atoms with E-state index in [1.54, 1.807) is 0 Å². The highest BCUT2D eigenvalue weighted by Gasteiger charge is 2.69. The Balaban J connectivity index is 1.75. The average Bonchev–Trinajstić information content (AvgIpc) is 2.71. The van der Waals surface area contributed by atoms with Crippen molar-refractivity contribution in [2.24, 2.45) is 23.7 Å². The third-order valence-corrected chi connectivity index (χ3v) is 6.43. The molecule has 1 spiro atoms. The summed E-state index contributed by atoms with van der Waals surface area (Å²) >= 11 is 0. The zero-order valence-electron chi connectivity index (χ0n) is 14.0. The van der Waals surface area contributed by atoms with Gasteiger partial charge in [-0.25, -0.2) is 9.78 Å². The third-order valence-electron chi connectivity index (χ3n) is 6.43. The highest BCUT2D eigenvalue weighted by atomic mass is 17.3. The molecule has 0 aromatic rings. The van der Waals surface area contributed by atoms with Crippen molar-refractivity contribution in [2.45, 2.75) is 77.3 Å². The Morgan fingerprint density at radius 3 is 2.68 bits per heavy atom. The van der Waals surface area contributed by atoms with Crippen LogP contribution in [-0.2, 0) is 24.0 Å². The van der Waals surface area contributed by atoms with E-state index in [9.17, 15) is 0 Å². The molecule has 2 unspecified atom stereocenters. The lowest BCUT2D eigenvalue weighted by Gasteiger charge is -2.60. The lowest BCUT2D eigenvalue weighted by molar-refractivity contribution is -0.577. The van der Waals surface area contributed by atoms with E-state index in [1.807, 2.05) is 13.8 Å². The summed E-state index contributed by atoms with van der Waals surface area (Å²) in [6.07, 6.45) is 3.66. The fourth-order valence-corrected chi connectivity index (χ4v) is 5.23. The van der Waals surface area contributed by atoms with E-state index in [4.69, 9.17) is 24.0 Å². The zero-order chi connectivity index (χ0) is 15.5. The van der Waals surface area contributed by atoms with Gasteiger partial charge in [-0.2, -0.15) is 0 Å². The highest BCUT2D eigenvalue weighted by molar-refractivity contribution is 5.09. The molecule has 5 aliphatic rings. The largest absolute Gasteiger partial charge is 0.353 e. The molecule has 126 valence electrons. The van der Waals surface area contributed by atoms with E-state index >= 15 is 0 Å². The molecule has 2 bridgehead atoms. The first kappa shape index (κ1) is 15.3. The van der Waals surface area contributed by atoms with Crippen molar-refractivity contribution >= 4 is 0 Å². The maximum absolute atomic E-state index is 6.25. The highest BCUT2D eigenvalue weighted by Crippen LogP contribution is 2.60. The van der Waals surface area contributed by atoms with Crippen molar-refractivity contribution in [1.82, 2.24) is 0 Å². The van der Waals surface area contributed by atoms with Crippen LogP contribution in [0, 0.1) is 23.7 Å². The number of fused-ring (bicyclic) bond motifs is 2. The fourth-order valence-electron chi connectivity index (χ4n) is 5.23. The molecular weight excluding hydrogens is 284 g/mol. The van der Waals surface area contributed by atoms with Gasteiger partial charge >= 0.3 is 0 Å². The number of hydrogen-bond acceptors (Lipinski definition) is 5. The van der Waals surface area contributed by atoms with Crippen LogP contribution in [-0.4, -0.2) is 30.6 Å². The molecule has 0 amide bonds. The minimum absolute atomic E-state index is 0.216. The van der Waals surface area contributed by atoms with E-state index in [0.717, 1.165) is 19.3 Å². The molecular formula is C17H28O5. The molecule has 4 aliphatic heterocycles. The van der Waals surface area contributed by atoms with Gasteiger partial charge in [0.1, 0.15) is 0 Å². The van der Waals surface area contributed by atoms with Gasteiger partial charge in [0.2, 0.25) is 5.79 Å². The summed E-state index contributed by atoms with van der Waals surface area (Å²) in [5, 5.41) is 0. The van der Waals surface area contributed by atoms with Crippen LogP contribution in [0.4, 0.5) is 0 Å². The molecule has 4 saturated heterocycles. The molecule has 0 aromatic heterocycles. The van der Waals surface area contributed by atoms with Gasteiger partial charge in [0, 0.05) is 24.9 Å². The molecule has 1 aliphatic carbocycles. The average molecular weight is 312 g/mol. The molecule has 5 heteroatoms. The van der Waals surface area contributed by atoms with E-state index in [1.165, 1.54) is 6.42 Å². The lowest BCUT2D eigenvalue weighted by atomic mass is 9.58. The summed E-state index contributed by atoms with van der Waals surface area (Å²) in [6, 6.07) is 0. The van der Waals surface area contributed by atoms with E-state index in [-0.39, 0.29) is 18.5 Å². The summed E-state index contributed by atoms with van der Waals surface area (Å²) < 4.78 is 18.3. The Morgan fingerprint density at radius 1 is 1.09 bits per heavy atom. The number of rotatable bonds is 2. The minimum atomic E-state index is -0.700. The summed E-state index contributed by atoms with van der Waals surface area (Å²) in [5.74, 6) is 0.957. The quantitative estimate of drug-likeness (QED) is 0.733. The van der Waals surface area contributed by atoms with Crippen LogP contribution in [0.25, 0.3) is 0 Å². The maximum atomic E-state index is 6.25. The molecule has 1 saturated carbocycles. The Labute approximate surface area is 132 Å². The van der Waals surface area contributed by atoms with Gasteiger partial charge in [-0.1, -0.05) is 13.8 Å². The monoisotopic (exact) mass is 312 g/mol. The lowest BCUT2D eigenvalue weighted by Crippen LogP contribution is -2.70. The van der Waals surface area contributed by atoms with Gasteiger partial charge < -0.3 is 14.2 Å². The second-order valence-corrected chi connectivity index (χ2v) is 7.73. The van der Waals surface area contributed by atoms with Crippen molar-refractivity contribution in [1.29, 1.82) is 0 Å². The SMILES string of the molecule is CCO[C@H]1O[C@@H]2O[C@]3(C)CCC4[C@H](C)CCC([C@H]1C)[C@]42OO3. The van der Waals surface area contributed by atoms with E-state index < -0.39 is 11.4 Å². The summed E-state index contributed by atoms with van der Waals surface area (Å²) in [6.45, 7) is 9.15. The third kappa shape index (κ3) is 1.96. The molecule has 8 atom stereocenters. The number of ether oxygens (including phenoxy) is 3. The predicted octanol–water partition coefficient (Wildman–Crippen LogP) is 3.23. The molecule has 5 rings (SSSR count). The van der Waals surface area contributed by atoms with Crippen LogP contribution in [0.2, 0.25) is 0 Å². The van der Waals surface area contributed by atoms with Crippen LogP contribution in [0.15, 0.2) is 0 Å². The smallest absolute Gasteiger partial charge is 0.201 e. The Hall–Kier alpha value is -0.200. The van der Waals surface area contributed by atoms with Gasteiger partial charge in [-0.3, -0.25) is 0 Å². The molecule has 4 heterocycles. The molecule has 0 radical (unpaired) electrons. The summed E-state index contributed by atoms with van der Waals surface area (Å²) in [5.41, 5.74) is -0.472. The predicted molar refractivity (Wildman–Crippen MR) is 78.5 cm³/mol. The topological polar surface area (TPSA) is 46.2 Å². The molecule has 5 nitrogen and oxygen atoms in total. The van der Waals surface area contributed by atoms with Crippen LogP contribution in [0.3, 0.4) is 0 Å². The molecule has 5 fully saturated rings. The molecule has 0 aromatic carbocycles. The van der Waals surface area contributed by atoms with Gasteiger partial charge in [-0.05, 0) is 44.9 Å². The fraction of sp³-hybridized carbons (Fsp3) is 1.00. The van der Waals surface area contributed by atoms with Crippen LogP contribution in [0.5, 0.6) is 0 Å². The summed E-state index contributed by atoms with van der Waals surface area (Å²) in [4.78, 5) is 11.9. The second-order valence-electron chi connectivity index (χ2n) is 7.73. The molecule has 22 heavy (non-hydrogen) atoms. The minimum Gasteiger partial charge on any atom is -0.353 e. The van der Waals surface area contributed by atoms with Crippen molar-refractivity contribution in [3.8, 4) is 0 Å². The second kappa shape index (κ2) is 5.15. The zero-order valence-corrected chi connectivity index (χ0v) is 14.0. The Morgan fingerprint density at radius 2 is 1.91 bits per heavy atom. The first-order valence-electron chi connectivity index (χ1n) is 8.82. The van der Waals surface area contributed by atoms with Crippen LogP contribution < -0.4 is 0 Å². The van der Waals surface area contributed by atoms with Gasteiger partial charge in [0.05, 0.1) is 0 Å². The van der Waals surface area contributed by atoms with Crippen LogP contribution in [0.1, 0.15) is 53.4 Å². The van der Waals surface area contributed by atoms with Crippen molar-refractivity contribution in [3.05, 3.63) is 0 Å². The Kier molecular flexibility index (Phi) is 3.59. The van der Waals surface area contributed by atoms with Crippen molar-refractivity contribution < 1.29 is 24.0 Å². The van der Waals surface area contributed by atoms with Gasteiger partial charge in [0.25, 0.3) is 0 Å². The van der Waals surface area contributed by atoms with Gasteiger partial charge in [-0.15, -0.1) is 0 Å². The first-order chi connectivity index (χ1) is 10.5. The Bertz CT molecular complexity index is 443. The van der Waals surface area contributed by atoms with E-state index in [0.29, 0.717) is 24.4 Å². The first-order valence-corrected chi connectivity index (χ1v) is 8.82. The standard InChI is InChI=1S/C17H28O5/c1-5-18-14-11(3)13-7-6-10(2)12-8-9-16(4)20-15(19-14)17(12,13)22-21-16/h10-15H,5-9H2,1-4H3/t10-,11-,12?,13?,14+,15-,16+,17-/m1/s1. The van der Waals surface area contributed by atoms with Crippen molar-refractivity contribution in [3.63, 3.8) is 0 Å². The van der Waals surface area contributed by atoms with E-state index in [2.05, 4.69) is 13.8 Å². The van der Waals surface area contributed by atoms with Gasteiger partial charge in [0.15, 0.2) is 18.2 Å².